The summed E-state index contributed by atoms with van der Waals surface area (Å²) in [6, 6.07) is 20.8. The van der Waals surface area contributed by atoms with Gasteiger partial charge in [0.05, 0.1) is 0 Å². The first-order valence-corrected chi connectivity index (χ1v) is 9.61. The van der Waals surface area contributed by atoms with Crippen LogP contribution in [0, 0.1) is 0 Å². The van der Waals surface area contributed by atoms with Gasteiger partial charge in [0.15, 0.2) is 0 Å². The molecule has 1 aliphatic rings. The summed E-state index contributed by atoms with van der Waals surface area (Å²) in [5.41, 5.74) is 3.41. The molecule has 5 nitrogen and oxygen atoms in total. The zero-order chi connectivity index (χ0) is 18.5. The van der Waals surface area contributed by atoms with Crippen LogP contribution in [0.5, 0.6) is 0 Å². The fourth-order valence-electron chi connectivity index (χ4n) is 3.50. The maximum Gasteiger partial charge on any atom is 0.229 e. The number of aromatic nitrogens is 2. The van der Waals surface area contributed by atoms with E-state index in [0.717, 1.165) is 36.8 Å². The lowest BCUT2D eigenvalue weighted by molar-refractivity contribution is 0.949. The molecule has 1 aliphatic heterocycles. The largest absolute Gasteiger partial charge is 0.372 e. The summed E-state index contributed by atoms with van der Waals surface area (Å²) >= 11 is 0. The summed E-state index contributed by atoms with van der Waals surface area (Å²) in [4.78, 5) is 13.7. The van der Waals surface area contributed by atoms with Crippen molar-refractivity contribution in [3.05, 3.63) is 66.9 Å². The van der Waals surface area contributed by atoms with Gasteiger partial charge >= 0.3 is 0 Å². The number of hydrogen-bond acceptors (Lipinski definition) is 5. The first-order valence-electron chi connectivity index (χ1n) is 9.61. The molecule has 5 heteroatoms. The minimum absolute atomic E-state index is 0.607. The third kappa shape index (κ3) is 4.03. The van der Waals surface area contributed by atoms with Crippen molar-refractivity contribution in [3.63, 3.8) is 0 Å². The molecular formula is C22H25N5. The molecule has 1 aromatic heterocycles. The van der Waals surface area contributed by atoms with Gasteiger partial charge in [0.25, 0.3) is 0 Å². The number of benzene rings is 2. The third-order valence-electron chi connectivity index (χ3n) is 4.90. The Kier molecular flexibility index (Phi) is 5.19. The first kappa shape index (κ1) is 17.3. The fourth-order valence-corrected chi connectivity index (χ4v) is 3.50. The highest BCUT2D eigenvalue weighted by Crippen LogP contribution is 2.25. The van der Waals surface area contributed by atoms with Crippen LogP contribution in [0.25, 0.3) is 0 Å². The zero-order valence-corrected chi connectivity index (χ0v) is 15.7. The monoisotopic (exact) mass is 359 g/mol. The normalized spacial score (nSPS) is 13.6. The summed E-state index contributed by atoms with van der Waals surface area (Å²) < 4.78 is 0. The van der Waals surface area contributed by atoms with Crippen LogP contribution >= 0.6 is 0 Å². The standard InChI is InChI=1S/C22H25N5/c1-2-27(20-8-4-3-5-9-20)21-14-15-23-22(25-21)24-18-10-12-19(13-11-18)26-16-6-7-17-26/h3-5,8-15H,2,6-7,16-17H2,1H3,(H,23,24,25). The number of nitrogens with zero attached hydrogens (tertiary/aromatic N) is 4. The Morgan fingerprint density at radius 1 is 0.963 bits per heavy atom. The second kappa shape index (κ2) is 8.08. The van der Waals surface area contributed by atoms with E-state index < -0.39 is 0 Å². The minimum Gasteiger partial charge on any atom is -0.372 e. The average molecular weight is 359 g/mol. The summed E-state index contributed by atoms with van der Waals surface area (Å²) in [6.07, 6.45) is 4.38. The molecule has 4 rings (SSSR count). The van der Waals surface area contributed by atoms with E-state index >= 15 is 0 Å². The van der Waals surface area contributed by atoms with E-state index in [1.165, 1.54) is 18.5 Å². The van der Waals surface area contributed by atoms with Crippen molar-refractivity contribution in [2.75, 3.05) is 34.8 Å². The van der Waals surface area contributed by atoms with Crippen molar-refractivity contribution < 1.29 is 0 Å². The highest BCUT2D eigenvalue weighted by Gasteiger charge is 2.12. The van der Waals surface area contributed by atoms with Crippen LogP contribution in [0.3, 0.4) is 0 Å². The predicted molar refractivity (Wildman–Crippen MR) is 112 cm³/mol. The Morgan fingerprint density at radius 3 is 2.41 bits per heavy atom. The molecule has 0 atom stereocenters. The molecule has 138 valence electrons. The second-order valence-electron chi connectivity index (χ2n) is 6.68. The van der Waals surface area contributed by atoms with Gasteiger partial charge in [0, 0.05) is 42.9 Å². The molecular weight excluding hydrogens is 334 g/mol. The van der Waals surface area contributed by atoms with Gasteiger partial charge in [-0.25, -0.2) is 4.98 Å². The maximum absolute atomic E-state index is 4.71. The van der Waals surface area contributed by atoms with E-state index in [1.54, 1.807) is 6.20 Å². The smallest absolute Gasteiger partial charge is 0.229 e. The fraction of sp³-hybridized carbons (Fsp3) is 0.273. The number of nitrogens with one attached hydrogen (secondary N) is 1. The number of rotatable bonds is 6. The van der Waals surface area contributed by atoms with E-state index in [0.29, 0.717) is 5.95 Å². The molecule has 0 unspecified atom stereocenters. The third-order valence-corrected chi connectivity index (χ3v) is 4.90. The Balaban J connectivity index is 1.50. The van der Waals surface area contributed by atoms with Gasteiger partial charge in [-0.3, -0.25) is 0 Å². The van der Waals surface area contributed by atoms with Crippen molar-refractivity contribution in [2.45, 2.75) is 19.8 Å². The van der Waals surface area contributed by atoms with Gasteiger partial charge in [-0.2, -0.15) is 4.98 Å². The van der Waals surface area contributed by atoms with Crippen molar-refractivity contribution in [2.24, 2.45) is 0 Å². The number of hydrogen-bond donors (Lipinski definition) is 1. The minimum atomic E-state index is 0.607. The van der Waals surface area contributed by atoms with E-state index in [1.807, 2.05) is 24.3 Å². The SMILES string of the molecule is CCN(c1ccccc1)c1ccnc(Nc2ccc(N3CCCC3)cc2)n1. The molecule has 2 heterocycles. The quantitative estimate of drug-likeness (QED) is 0.672. The molecule has 1 fully saturated rings. The van der Waals surface area contributed by atoms with Crippen LogP contribution in [-0.2, 0) is 0 Å². The number of anilines is 5. The van der Waals surface area contributed by atoms with E-state index in [9.17, 15) is 0 Å². The molecule has 0 radical (unpaired) electrons. The molecule has 0 amide bonds. The van der Waals surface area contributed by atoms with Gasteiger partial charge in [-0.15, -0.1) is 0 Å². The summed E-state index contributed by atoms with van der Waals surface area (Å²) in [5.74, 6) is 1.49. The Hall–Kier alpha value is -3.08. The van der Waals surface area contributed by atoms with Crippen LogP contribution < -0.4 is 15.1 Å². The number of para-hydroxylation sites is 1. The van der Waals surface area contributed by atoms with E-state index in [-0.39, 0.29) is 0 Å². The Labute approximate surface area is 160 Å². The van der Waals surface area contributed by atoms with Crippen molar-refractivity contribution in [3.8, 4) is 0 Å². The predicted octanol–water partition coefficient (Wildman–Crippen LogP) is 4.98. The summed E-state index contributed by atoms with van der Waals surface area (Å²) in [6.45, 7) is 5.28. The van der Waals surface area contributed by atoms with Crippen LogP contribution in [0.1, 0.15) is 19.8 Å². The first-order chi connectivity index (χ1) is 13.3. The molecule has 0 aliphatic carbocycles. The maximum atomic E-state index is 4.71. The zero-order valence-electron chi connectivity index (χ0n) is 15.7. The molecule has 0 saturated carbocycles. The Morgan fingerprint density at radius 2 is 1.70 bits per heavy atom. The molecule has 1 N–H and O–H groups in total. The Bertz CT molecular complexity index is 857. The molecule has 0 bridgehead atoms. The second-order valence-corrected chi connectivity index (χ2v) is 6.68. The lowest BCUT2D eigenvalue weighted by Gasteiger charge is -2.22. The average Bonchev–Trinajstić information content (AvgIpc) is 3.25. The highest BCUT2D eigenvalue weighted by atomic mass is 15.2. The van der Waals surface area contributed by atoms with Gasteiger partial charge in [-0.1, -0.05) is 18.2 Å². The molecule has 1 saturated heterocycles. The van der Waals surface area contributed by atoms with E-state index in [4.69, 9.17) is 4.98 Å². The lowest BCUT2D eigenvalue weighted by Crippen LogP contribution is -2.18. The van der Waals surface area contributed by atoms with Crippen LogP contribution in [0.4, 0.5) is 28.8 Å². The van der Waals surface area contributed by atoms with Crippen LogP contribution in [0.15, 0.2) is 66.9 Å². The van der Waals surface area contributed by atoms with Crippen LogP contribution in [-0.4, -0.2) is 29.6 Å². The molecule has 2 aromatic carbocycles. The van der Waals surface area contributed by atoms with E-state index in [2.05, 4.69) is 63.4 Å². The van der Waals surface area contributed by atoms with Gasteiger partial charge in [0.1, 0.15) is 5.82 Å². The van der Waals surface area contributed by atoms with Gasteiger partial charge in [-0.05, 0) is 62.2 Å². The highest BCUT2D eigenvalue weighted by molar-refractivity contribution is 5.63. The molecule has 0 spiro atoms. The van der Waals surface area contributed by atoms with Crippen molar-refractivity contribution in [1.29, 1.82) is 0 Å². The van der Waals surface area contributed by atoms with Gasteiger partial charge in [0.2, 0.25) is 5.95 Å². The van der Waals surface area contributed by atoms with Crippen LogP contribution in [0.2, 0.25) is 0 Å². The summed E-state index contributed by atoms with van der Waals surface area (Å²) in [5, 5.41) is 3.33. The van der Waals surface area contributed by atoms with Crippen molar-refractivity contribution in [1.82, 2.24) is 9.97 Å². The summed E-state index contributed by atoms with van der Waals surface area (Å²) in [7, 11) is 0. The van der Waals surface area contributed by atoms with Crippen molar-refractivity contribution >= 4 is 28.8 Å². The molecule has 3 aromatic rings. The molecule has 27 heavy (non-hydrogen) atoms. The topological polar surface area (TPSA) is 44.3 Å². The lowest BCUT2D eigenvalue weighted by atomic mass is 10.2. The van der Waals surface area contributed by atoms with Gasteiger partial charge < -0.3 is 15.1 Å².